The highest BCUT2D eigenvalue weighted by Crippen LogP contribution is 2.12. The molecule has 5 heteroatoms. The normalized spacial score (nSPS) is 10.5. The van der Waals surface area contributed by atoms with Gasteiger partial charge in [-0.25, -0.2) is 0 Å². The van der Waals surface area contributed by atoms with Crippen LogP contribution in [0.2, 0.25) is 0 Å². The summed E-state index contributed by atoms with van der Waals surface area (Å²) < 4.78 is 5.36. The third-order valence-corrected chi connectivity index (χ3v) is 2.44. The zero-order valence-corrected chi connectivity index (χ0v) is 10.7. The SMILES string of the molecule is CCCOCCCNCc1cccc([N+](=O)[O-])c1. The number of nitro groups is 1. The number of nitrogens with zero attached hydrogens (tertiary/aromatic N) is 1. The monoisotopic (exact) mass is 252 g/mol. The minimum atomic E-state index is -0.373. The quantitative estimate of drug-likeness (QED) is 0.416. The van der Waals surface area contributed by atoms with Crippen LogP contribution >= 0.6 is 0 Å². The number of hydrogen-bond donors (Lipinski definition) is 1. The van der Waals surface area contributed by atoms with Crippen molar-refractivity contribution < 1.29 is 9.66 Å². The summed E-state index contributed by atoms with van der Waals surface area (Å²) in [5, 5.41) is 13.8. The third kappa shape index (κ3) is 5.75. The summed E-state index contributed by atoms with van der Waals surface area (Å²) in [7, 11) is 0. The fraction of sp³-hybridized carbons (Fsp3) is 0.538. The van der Waals surface area contributed by atoms with E-state index in [0.717, 1.165) is 38.2 Å². The molecule has 5 nitrogen and oxygen atoms in total. The van der Waals surface area contributed by atoms with Gasteiger partial charge in [0.25, 0.3) is 5.69 Å². The minimum absolute atomic E-state index is 0.139. The number of nitro benzene ring substituents is 1. The molecule has 1 rings (SSSR count). The predicted octanol–water partition coefficient (Wildman–Crippen LogP) is 2.50. The van der Waals surface area contributed by atoms with Crippen LogP contribution in [-0.2, 0) is 11.3 Å². The van der Waals surface area contributed by atoms with E-state index in [2.05, 4.69) is 12.2 Å². The topological polar surface area (TPSA) is 64.4 Å². The third-order valence-electron chi connectivity index (χ3n) is 2.44. The van der Waals surface area contributed by atoms with E-state index in [0.29, 0.717) is 6.54 Å². The van der Waals surface area contributed by atoms with Crippen molar-refractivity contribution in [2.24, 2.45) is 0 Å². The van der Waals surface area contributed by atoms with Gasteiger partial charge in [0.15, 0.2) is 0 Å². The number of non-ortho nitro benzene ring substituents is 1. The first-order valence-electron chi connectivity index (χ1n) is 6.26. The second-order valence-electron chi connectivity index (χ2n) is 4.07. The first kappa shape index (κ1) is 14.6. The minimum Gasteiger partial charge on any atom is -0.381 e. The van der Waals surface area contributed by atoms with Crippen LogP contribution in [0.4, 0.5) is 5.69 Å². The molecule has 0 saturated carbocycles. The molecule has 0 aliphatic carbocycles. The van der Waals surface area contributed by atoms with Crippen molar-refractivity contribution in [1.29, 1.82) is 0 Å². The highest BCUT2D eigenvalue weighted by Gasteiger charge is 2.04. The molecule has 0 atom stereocenters. The second kappa shape index (κ2) is 8.60. The molecule has 18 heavy (non-hydrogen) atoms. The van der Waals surface area contributed by atoms with Crippen LogP contribution in [0.3, 0.4) is 0 Å². The van der Waals surface area contributed by atoms with Gasteiger partial charge in [0, 0.05) is 31.9 Å². The molecule has 0 unspecified atom stereocenters. The standard InChI is InChI=1S/C13H20N2O3/c1-2-8-18-9-4-7-14-11-12-5-3-6-13(10-12)15(16)17/h3,5-6,10,14H,2,4,7-9,11H2,1H3. The Labute approximate surface area is 107 Å². The van der Waals surface area contributed by atoms with Crippen molar-refractivity contribution in [2.75, 3.05) is 19.8 Å². The van der Waals surface area contributed by atoms with Gasteiger partial charge in [-0.3, -0.25) is 10.1 Å². The van der Waals surface area contributed by atoms with E-state index in [1.807, 2.05) is 6.07 Å². The molecule has 0 saturated heterocycles. The molecule has 0 amide bonds. The maximum atomic E-state index is 10.6. The molecular weight excluding hydrogens is 232 g/mol. The molecule has 0 radical (unpaired) electrons. The summed E-state index contributed by atoms with van der Waals surface area (Å²) in [6.45, 7) is 5.16. The summed E-state index contributed by atoms with van der Waals surface area (Å²) in [5.74, 6) is 0. The number of rotatable bonds is 9. The van der Waals surface area contributed by atoms with E-state index in [1.165, 1.54) is 6.07 Å². The molecule has 1 N–H and O–H groups in total. The summed E-state index contributed by atoms with van der Waals surface area (Å²) in [4.78, 5) is 10.2. The highest BCUT2D eigenvalue weighted by molar-refractivity contribution is 5.34. The lowest BCUT2D eigenvalue weighted by atomic mass is 10.2. The average molecular weight is 252 g/mol. The first-order chi connectivity index (χ1) is 8.74. The summed E-state index contributed by atoms with van der Waals surface area (Å²) in [6, 6.07) is 6.69. The lowest BCUT2D eigenvalue weighted by molar-refractivity contribution is -0.384. The number of benzene rings is 1. The first-order valence-corrected chi connectivity index (χ1v) is 6.26. The van der Waals surface area contributed by atoms with E-state index in [4.69, 9.17) is 4.74 Å². The summed E-state index contributed by atoms with van der Waals surface area (Å²) >= 11 is 0. The largest absolute Gasteiger partial charge is 0.381 e. The second-order valence-corrected chi connectivity index (χ2v) is 4.07. The van der Waals surface area contributed by atoms with Gasteiger partial charge in [0.2, 0.25) is 0 Å². The van der Waals surface area contributed by atoms with Gasteiger partial charge < -0.3 is 10.1 Å². The Bertz CT molecular complexity index is 369. The molecule has 1 aromatic rings. The molecule has 0 heterocycles. The molecule has 0 spiro atoms. The maximum absolute atomic E-state index is 10.6. The predicted molar refractivity (Wildman–Crippen MR) is 70.5 cm³/mol. The molecule has 0 aromatic heterocycles. The lowest BCUT2D eigenvalue weighted by Gasteiger charge is -2.05. The number of nitrogens with one attached hydrogen (secondary N) is 1. The molecular formula is C13H20N2O3. The zero-order valence-electron chi connectivity index (χ0n) is 10.7. The highest BCUT2D eigenvalue weighted by atomic mass is 16.6. The van der Waals surface area contributed by atoms with E-state index >= 15 is 0 Å². The van der Waals surface area contributed by atoms with Crippen LogP contribution in [0.5, 0.6) is 0 Å². The van der Waals surface area contributed by atoms with Crippen molar-refractivity contribution in [3.05, 3.63) is 39.9 Å². The molecule has 0 fully saturated rings. The number of hydrogen-bond acceptors (Lipinski definition) is 4. The fourth-order valence-corrected chi connectivity index (χ4v) is 1.56. The Balaban J connectivity index is 2.19. The molecule has 0 aliphatic rings. The van der Waals surface area contributed by atoms with Crippen LogP contribution in [0.25, 0.3) is 0 Å². The van der Waals surface area contributed by atoms with Crippen molar-refractivity contribution in [3.63, 3.8) is 0 Å². The van der Waals surface area contributed by atoms with Crippen LogP contribution in [0.1, 0.15) is 25.3 Å². The number of ether oxygens (including phenoxy) is 1. The van der Waals surface area contributed by atoms with Crippen molar-refractivity contribution >= 4 is 5.69 Å². The van der Waals surface area contributed by atoms with Crippen molar-refractivity contribution in [1.82, 2.24) is 5.32 Å². The molecule has 100 valence electrons. The Morgan fingerprint density at radius 2 is 2.22 bits per heavy atom. The Kier molecular flexibility index (Phi) is 6.98. The average Bonchev–Trinajstić information content (AvgIpc) is 2.38. The van der Waals surface area contributed by atoms with Gasteiger partial charge in [-0.1, -0.05) is 19.1 Å². The van der Waals surface area contributed by atoms with E-state index in [-0.39, 0.29) is 10.6 Å². The Morgan fingerprint density at radius 3 is 2.94 bits per heavy atom. The van der Waals surface area contributed by atoms with Crippen LogP contribution < -0.4 is 5.32 Å². The van der Waals surface area contributed by atoms with Crippen LogP contribution in [0.15, 0.2) is 24.3 Å². The summed E-state index contributed by atoms with van der Waals surface area (Å²) in [6.07, 6.45) is 2.00. The maximum Gasteiger partial charge on any atom is 0.269 e. The van der Waals surface area contributed by atoms with Gasteiger partial charge in [-0.05, 0) is 24.9 Å². The van der Waals surface area contributed by atoms with Crippen molar-refractivity contribution in [2.45, 2.75) is 26.3 Å². The van der Waals surface area contributed by atoms with Gasteiger partial charge >= 0.3 is 0 Å². The smallest absolute Gasteiger partial charge is 0.269 e. The Hall–Kier alpha value is -1.46. The molecule has 1 aromatic carbocycles. The van der Waals surface area contributed by atoms with E-state index < -0.39 is 0 Å². The van der Waals surface area contributed by atoms with E-state index in [9.17, 15) is 10.1 Å². The zero-order chi connectivity index (χ0) is 13.2. The van der Waals surface area contributed by atoms with Crippen LogP contribution in [0, 0.1) is 10.1 Å². The van der Waals surface area contributed by atoms with Gasteiger partial charge in [0.1, 0.15) is 0 Å². The molecule has 0 bridgehead atoms. The van der Waals surface area contributed by atoms with Gasteiger partial charge in [-0.15, -0.1) is 0 Å². The van der Waals surface area contributed by atoms with Crippen molar-refractivity contribution in [3.8, 4) is 0 Å². The van der Waals surface area contributed by atoms with Gasteiger partial charge in [-0.2, -0.15) is 0 Å². The summed E-state index contributed by atoms with van der Waals surface area (Å²) in [5.41, 5.74) is 1.07. The van der Waals surface area contributed by atoms with Crippen LogP contribution in [-0.4, -0.2) is 24.7 Å². The lowest BCUT2D eigenvalue weighted by Crippen LogP contribution is -2.16. The van der Waals surface area contributed by atoms with Gasteiger partial charge in [0.05, 0.1) is 4.92 Å². The Morgan fingerprint density at radius 1 is 1.39 bits per heavy atom. The molecule has 0 aliphatic heterocycles. The fourth-order valence-electron chi connectivity index (χ4n) is 1.56. The van der Waals surface area contributed by atoms with E-state index in [1.54, 1.807) is 12.1 Å².